The van der Waals surface area contributed by atoms with Crippen molar-refractivity contribution in [2.45, 2.75) is 6.92 Å². The van der Waals surface area contributed by atoms with E-state index in [0.717, 1.165) is 21.9 Å². The molecule has 0 spiro atoms. The summed E-state index contributed by atoms with van der Waals surface area (Å²) in [4.78, 5) is 17.8. The summed E-state index contributed by atoms with van der Waals surface area (Å²) in [6, 6.07) is 11.9. The molecule has 1 amide bonds. The summed E-state index contributed by atoms with van der Waals surface area (Å²) in [5, 5.41) is 12.8. The molecule has 2 aromatic carbocycles. The zero-order valence-corrected chi connectivity index (χ0v) is 15.1. The number of aryl methyl sites for hydroxylation is 1. The van der Waals surface area contributed by atoms with Crippen LogP contribution >= 0.6 is 22.9 Å². The molecule has 1 aromatic heterocycles. The predicted molar refractivity (Wildman–Crippen MR) is 99.9 cm³/mol. The van der Waals surface area contributed by atoms with Gasteiger partial charge in [0.15, 0.2) is 5.13 Å². The molecule has 0 fully saturated rings. The second kappa shape index (κ2) is 7.13. The number of halogens is 1. The highest BCUT2D eigenvalue weighted by molar-refractivity contribution is 7.16. The average Bonchev–Trinajstić information content (AvgIpc) is 2.97. The number of hydrogen-bond donors (Lipinski definition) is 2. The maximum atomic E-state index is 12.3. The van der Waals surface area contributed by atoms with Gasteiger partial charge in [0.25, 0.3) is 5.91 Å². The molecule has 0 aliphatic carbocycles. The molecule has 25 heavy (non-hydrogen) atoms. The van der Waals surface area contributed by atoms with Crippen molar-refractivity contribution < 1.29 is 14.6 Å². The smallest absolute Gasteiger partial charge is 0.257 e. The highest BCUT2D eigenvalue weighted by atomic mass is 35.5. The highest BCUT2D eigenvalue weighted by Crippen LogP contribution is 2.32. The average molecular weight is 375 g/mol. The Morgan fingerprint density at radius 2 is 1.96 bits per heavy atom. The molecule has 0 unspecified atom stereocenters. The summed E-state index contributed by atoms with van der Waals surface area (Å²) < 4.78 is 5.16. The number of benzene rings is 2. The van der Waals surface area contributed by atoms with Crippen molar-refractivity contribution >= 4 is 34.0 Å². The van der Waals surface area contributed by atoms with Crippen LogP contribution in [-0.4, -0.2) is 23.1 Å². The summed E-state index contributed by atoms with van der Waals surface area (Å²) in [5.41, 5.74) is 2.11. The van der Waals surface area contributed by atoms with Gasteiger partial charge in [0.05, 0.1) is 17.8 Å². The topological polar surface area (TPSA) is 71.5 Å². The first-order chi connectivity index (χ1) is 12.0. The second-order valence-electron chi connectivity index (χ2n) is 5.27. The van der Waals surface area contributed by atoms with E-state index >= 15 is 0 Å². The van der Waals surface area contributed by atoms with Crippen LogP contribution in [0.3, 0.4) is 0 Å². The van der Waals surface area contributed by atoms with Crippen LogP contribution in [0.2, 0.25) is 5.02 Å². The van der Waals surface area contributed by atoms with Crippen LogP contribution in [0.4, 0.5) is 5.13 Å². The van der Waals surface area contributed by atoms with Gasteiger partial charge in [-0.2, -0.15) is 0 Å². The number of ether oxygens (including phenoxy) is 1. The molecule has 0 saturated carbocycles. The summed E-state index contributed by atoms with van der Waals surface area (Å²) >= 11 is 7.23. The van der Waals surface area contributed by atoms with E-state index in [9.17, 15) is 9.90 Å². The third kappa shape index (κ3) is 3.75. The van der Waals surface area contributed by atoms with Crippen LogP contribution < -0.4 is 10.1 Å². The predicted octanol–water partition coefficient (Wildman–Crippen LogP) is 4.74. The third-order valence-corrected chi connectivity index (χ3v) is 4.78. The lowest BCUT2D eigenvalue weighted by Gasteiger charge is -2.03. The van der Waals surface area contributed by atoms with Crippen molar-refractivity contribution in [1.29, 1.82) is 0 Å². The Balaban J connectivity index is 1.81. The van der Waals surface area contributed by atoms with E-state index in [-0.39, 0.29) is 16.7 Å². The van der Waals surface area contributed by atoms with E-state index in [4.69, 9.17) is 16.3 Å². The fourth-order valence-electron chi connectivity index (χ4n) is 2.28. The van der Waals surface area contributed by atoms with Gasteiger partial charge < -0.3 is 9.84 Å². The second-order valence-corrected chi connectivity index (χ2v) is 6.88. The number of methoxy groups -OCH3 is 1. The number of aromatic nitrogens is 1. The number of rotatable bonds is 4. The van der Waals surface area contributed by atoms with Gasteiger partial charge in [-0.3, -0.25) is 10.1 Å². The molecule has 0 aliphatic rings. The van der Waals surface area contributed by atoms with Crippen molar-refractivity contribution in [1.82, 2.24) is 4.98 Å². The minimum atomic E-state index is -0.336. The van der Waals surface area contributed by atoms with Gasteiger partial charge in [-0.15, -0.1) is 11.3 Å². The number of hydrogen-bond acceptors (Lipinski definition) is 5. The Kier molecular flexibility index (Phi) is 4.92. The highest BCUT2D eigenvalue weighted by Gasteiger charge is 2.14. The molecular weight excluding hydrogens is 360 g/mol. The number of aromatic hydroxyl groups is 1. The Morgan fingerprint density at radius 3 is 2.60 bits per heavy atom. The first-order valence-corrected chi connectivity index (χ1v) is 8.59. The summed E-state index contributed by atoms with van der Waals surface area (Å²) in [6.07, 6.45) is 0. The normalized spacial score (nSPS) is 10.5. The first kappa shape index (κ1) is 17.3. The zero-order valence-electron chi connectivity index (χ0n) is 13.5. The monoisotopic (exact) mass is 374 g/mol. The van der Waals surface area contributed by atoms with Gasteiger partial charge in [-0.05, 0) is 49.4 Å². The molecule has 0 aliphatic heterocycles. The molecule has 0 saturated heterocycles. The van der Waals surface area contributed by atoms with Crippen molar-refractivity contribution in [3.05, 3.63) is 57.9 Å². The van der Waals surface area contributed by atoms with Crippen LogP contribution in [0.15, 0.2) is 42.5 Å². The largest absolute Gasteiger partial charge is 0.506 e. The Morgan fingerprint density at radius 1 is 1.24 bits per heavy atom. The first-order valence-electron chi connectivity index (χ1n) is 7.39. The molecule has 128 valence electrons. The molecule has 0 radical (unpaired) electrons. The van der Waals surface area contributed by atoms with E-state index in [0.29, 0.717) is 10.7 Å². The van der Waals surface area contributed by atoms with E-state index < -0.39 is 0 Å². The maximum absolute atomic E-state index is 12.3. The van der Waals surface area contributed by atoms with Crippen molar-refractivity contribution in [3.8, 4) is 22.8 Å². The lowest BCUT2D eigenvalue weighted by molar-refractivity contribution is 0.102. The number of phenols is 1. The lowest BCUT2D eigenvalue weighted by atomic mass is 10.1. The molecule has 2 N–H and O–H groups in total. The molecule has 0 bridgehead atoms. The van der Waals surface area contributed by atoms with Gasteiger partial charge in [0.1, 0.15) is 11.5 Å². The molecular formula is C18H15ClN2O3S. The van der Waals surface area contributed by atoms with Crippen LogP contribution in [-0.2, 0) is 0 Å². The third-order valence-electron chi connectivity index (χ3n) is 3.59. The molecule has 3 aromatic rings. The summed E-state index contributed by atoms with van der Waals surface area (Å²) in [6.45, 7) is 1.95. The van der Waals surface area contributed by atoms with Gasteiger partial charge in [-0.1, -0.05) is 11.6 Å². The molecule has 0 atom stereocenters. The number of thiazole rings is 1. The zero-order chi connectivity index (χ0) is 18.0. The summed E-state index contributed by atoms with van der Waals surface area (Å²) in [5.74, 6) is 0.372. The standard InChI is InChI=1S/C18H15ClN2O3S/c1-10-16(11-3-6-13(24-2)7-4-11)20-18(25-10)21-17(23)12-5-8-15(22)14(19)9-12/h3-9,22H,1-2H3,(H,20,21,23). The number of anilines is 1. The van der Waals surface area contributed by atoms with E-state index in [2.05, 4.69) is 10.3 Å². The number of amides is 1. The summed E-state index contributed by atoms with van der Waals surface area (Å²) in [7, 11) is 1.62. The van der Waals surface area contributed by atoms with Gasteiger partial charge >= 0.3 is 0 Å². The SMILES string of the molecule is COc1ccc(-c2nc(NC(=O)c3ccc(O)c(Cl)c3)sc2C)cc1. The number of nitrogens with one attached hydrogen (secondary N) is 1. The quantitative estimate of drug-likeness (QED) is 0.692. The number of nitrogens with zero attached hydrogens (tertiary/aromatic N) is 1. The fraction of sp³-hybridized carbons (Fsp3) is 0.111. The van der Waals surface area contributed by atoms with Crippen molar-refractivity contribution in [3.63, 3.8) is 0 Å². The molecule has 1 heterocycles. The molecule has 7 heteroatoms. The fourth-order valence-corrected chi connectivity index (χ4v) is 3.30. The lowest BCUT2D eigenvalue weighted by Crippen LogP contribution is -2.11. The Bertz CT molecular complexity index is 923. The molecule has 3 rings (SSSR count). The van der Waals surface area contributed by atoms with E-state index in [1.807, 2.05) is 31.2 Å². The molecule has 5 nitrogen and oxygen atoms in total. The maximum Gasteiger partial charge on any atom is 0.257 e. The van der Waals surface area contributed by atoms with Gasteiger partial charge in [0.2, 0.25) is 0 Å². The number of carbonyl (C=O) groups is 1. The Hall–Kier alpha value is -2.57. The van der Waals surface area contributed by atoms with Crippen LogP contribution in [0.5, 0.6) is 11.5 Å². The Labute approximate surface area is 153 Å². The van der Waals surface area contributed by atoms with Crippen molar-refractivity contribution in [2.75, 3.05) is 12.4 Å². The van der Waals surface area contributed by atoms with Crippen molar-refractivity contribution in [2.24, 2.45) is 0 Å². The minimum Gasteiger partial charge on any atom is -0.506 e. The number of carbonyl (C=O) groups excluding carboxylic acids is 1. The van der Waals surface area contributed by atoms with Gasteiger partial charge in [0, 0.05) is 16.0 Å². The minimum absolute atomic E-state index is 0.0647. The number of phenolic OH excluding ortho intramolecular Hbond substituents is 1. The van der Waals surface area contributed by atoms with Gasteiger partial charge in [-0.25, -0.2) is 4.98 Å². The van der Waals surface area contributed by atoms with Crippen LogP contribution in [0.1, 0.15) is 15.2 Å². The van der Waals surface area contributed by atoms with Crippen LogP contribution in [0, 0.1) is 6.92 Å². The van der Waals surface area contributed by atoms with Crippen LogP contribution in [0.25, 0.3) is 11.3 Å². The van der Waals surface area contributed by atoms with E-state index in [1.54, 1.807) is 7.11 Å². The van der Waals surface area contributed by atoms with E-state index in [1.165, 1.54) is 29.5 Å².